The molecule has 0 amide bonds. The Morgan fingerprint density at radius 2 is 1.93 bits per heavy atom. The van der Waals surface area contributed by atoms with Crippen LogP contribution in [-0.4, -0.2) is 43.3 Å². The summed E-state index contributed by atoms with van der Waals surface area (Å²) in [5.41, 5.74) is 0. The van der Waals surface area contributed by atoms with Gasteiger partial charge in [-0.1, -0.05) is 9.39 Å². The summed E-state index contributed by atoms with van der Waals surface area (Å²) >= 11 is 0. The molecule has 2 unspecified atom stereocenters. The van der Waals surface area contributed by atoms with E-state index in [1.807, 2.05) is 0 Å². The van der Waals surface area contributed by atoms with Gasteiger partial charge in [0.25, 0.3) is 0 Å². The molecule has 0 spiro atoms. The van der Waals surface area contributed by atoms with Gasteiger partial charge >= 0.3 is 14.1 Å². The zero-order valence-electron chi connectivity index (χ0n) is 8.83. The van der Waals surface area contributed by atoms with Gasteiger partial charge in [-0.3, -0.25) is 0 Å². The van der Waals surface area contributed by atoms with Crippen LogP contribution in [0, 0.1) is 0 Å². The van der Waals surface area contributed by atoms with E-state index < -0.39 is 14.1 Å². The van der Waals surface area contributed by atoms with Crippen molar-refractivity contribution in [2.75, 3.05) is 13.1 Å². The summed E-state index contributed by atoms with van der Waals surface area (Å²) in [5.74, 6) is 0. The van der Waals surface area contributed by atoms with Crippen molar-refractivity contribution in [3.63, 3.8) is 0 Å². The smallest absolute Gasteiger partial charge is 0.373 e. The van der Waals surface area contributed by atoms with Crippen LogP contribution in [0.4, 0.5) is 0 Å². The lowest BCUT2D eigenvalue weighted by molar-refractivity contribution is 0.477. The van der Waals surface area contributed by atoms with Crippen molar-refractivity contribution in [1.29, 1.82) is 0 Å². The third-order valence-corrected chi connectivity index (χ3v) is 2.06. The van der Waals surface area contributed by atoms with Crippen LogP contribution < -0.4 is 15.5 Å². The van der Waals surface area contributed by atoms with E-state index in [4.69, 9.17) is 10.0 Å². The Kier molecular flexibility index (Phi) is 8.87. The molecule has 0 aliphatic heterocycles. The maximum Gasteiger partial charge on any atom is 0.373 e. The van der Waals surface area contributed by atoms with E-state index in [1.165, 1.54) is 0 Å². The molecule has 0 radical (unpaired) electrons. The van der Waals surface area contributed by atoms with Crippen LogP contribution in [0.5, 0.6) is 0 Å². The van der Waals surface area contributed by atoms with Crippen LogP contribution in [0.1, 0.15) is 6.42 Å². The second-order valence-corrected chi connectivity index (χ2v) is 3.77. The van der Waals surface area contributed by atoms with Crippen LogP contribution in [-0.2, 0) is 0 Å². The third kappa shape index (κ3) is 8.94. The Bertz CT molecular complexity index is 142. The molecule has 14 heavy (non-hydrogen) atoms. The van der Waals surface area contributed by atoms with Gasteiger partial charge < -0.3 is 25.6 Å². The Morgan fingerprint density at radius 3 is 2.36 bits per heavy atom. The molecule has 82 valence electrons. The first kappa shape index (κ1) is 14.4. The van der Waals surface area contributed by atoms with Gasteiger partial charge in [-0.25, -0.2) is 0 Å². The zero-order chi connectivity index (χ0) is 11.0. The van der Waals surface area contributed by atoms with Gasteiger partial charge in [0, 0.05) is 19.1 Å². The molecule has 0 fully saturated rings. The van der Waals surface area contributed by atoms with Crippen LogP contribution in [0.3, 0.4) is 0 Å². The first-order valence-electron chi connectivity index (χ1n) is 4.85. The summed E-state index contributed by atoms with van der Waals surface area (Å²) in [6.07, 6.45) is 0.883. The highest BCUT2D eigenvalue weighted by Gasteiger charge is 2.14. The fourth-order valence-electron chi connectivity index (χ4n) is 1.16. The number of hydrogen-bond acceptors (Lipinski definition) is 5. The molecule has 0 aliphatic rings. The average Bonchev–Trinajstić information content (AvgIpc) is 2.09. The van der Waals surface area contributed by atoms with E-state index in [1.54, 1.807) is 13.6 Å². The van der Waals surface area contributed by atoms with Gasteiger partial charge in [0.05, 0.1) is 0 Å². The minimum Gasteiger partial charge on any atom is -0.437 e. The van der Waals surface area contributed by atoms with Crippen LogP contribution in [0.25, 0.3) is 0 Å². The van der Waals surface area contributed by atoms with Crippen molar-refractivity contribution in [2.45, 2.75) is 26.1 Å². The largest absolute Gasteiger partial charge is 0.437 e. The van der Waals surface area contributed by atoms with Crippen LogP contribution in [0.2, 0.25) is 13.6 Å². The van der Waals surface area contributed by atoms with Gasteiger partial charge in [-0.15, -0.1) is 0 Å². The van der Waals surface area contributed by atoms with Gasteiger partial charge in [-0.2, -0.15) is 0 Å². The van der Waals surface area contributed by atoms with Gasteiger partial charge in [-0.05, 0) is 20.1 Å². The molecular weight excluding hydrogens is 199 g/mol. The summed E-state index contributed by atoms with van der Waals surface area (Å²) in [4.78, 5) is 0. The predicted molar refractivity (Wildman–Crippen MR) is 64.9 cm³/mol. The Labute approximate surface area is 88.9 Å². The van der Waals surface area contributed by atoms with Crippen LogP contribution in [0.15, 0.2) is 0 Å². The highest BCUT2D eigenvalue weighted by molar-refractivity contribution is 7.13. The molecule has 0 aromatic carbocycles. The topological polar surface area (TPSA) is 76.5 Å². The van der Waals surface area contributed by atoms with Crippen molar-refractivity contribution in [2.24, 2.45) is 0 Å². The highest BCUT2D eigenvalue weighted by atomic mass is 31.0. The molecule has 0 bridgehead atoms. The summed E-state index contributed by atoms with van der Waals surface area (Å²) in [6.45, 7) is 4.84. The highest BCUT2D eigenvalue weighted by Crippen LogP contribution is 1.91. The minimum absolute atomic E-state index is 0.151. The molecule has 0 saturated heterocycles. The van der Waals surface area contributed by atoms with E-state index in [0.29, 0.717) is 6.54 Å². The molecular formula is C6H20B2N3O2P. The number of nitrogens with one attached hydrogen (secondary N) is 3. The maximum absolute atomic E-state index is 9.16. The number of rotatable bonds is 8. The second-order valence-electron chi connectivity index (χ2n) is 3.37. The van der Waals surface area contributed by atoms with E-state index in [9.17, 15) is 0 Å². The second kappa shape index (κ2) is 8.65. The summed E-state index contributed by atoms with van der Waals surface area (Å²) in [6, 6.07) is 0.151. The molecule has 0 saturated carbocycles. The molecule has 0 aliphatic carbocycles. The summed E-state index contributed by atoms with van der Waals surface area (Å²) in [7, 11) is 1.39. The van der Waals surface area contributed by atoms with Gasteiger partial charge in [0.15, 0.2) is 0 Å². The fraction of sp³-hybridized carbons (Fsp3) is 1.00. The van der Waals surface area contributed by atoms with Crippen molar-refractivity contribution >= 4 is 23.5 Å². The lowest BCUT2D eigenvalue weighted by atomic mass is 9.85. The van der Waals surface area contributed by atoms with Gasteiger partial charge in [0.2, 0.25) is 0 Å². The lowest BCUT2D eigenvalue weighted by Crippen LogP contribution is -2.49. The van der Waals surface area contributed by atoms with E-state index >= 15 is 0 Å². The summed E-state index contributed by atoms with van der Waals surface area (Å²) < 4.78 is 0. The SMILES string of the molecule is CB(O)NCC(CCNP)NB(C)O. The van der Waals surface area contributed by atoms with Crippen LogP contribution >= 0.6 is 9.39 Å². The standard InChI is InChI=1S/C6H20B2N3O2P/c1-7(12)9-5-6(3-4-10-14)11-8(2)13/h6,9-13H,3-5,14H2,1-2H3. The Balaban J connectivity index is 3.72. The zero-order valence-corrected chi connectivity index (χ0v) is 9.98. The monoisotopic (exact) mass is 219 g/mol. The minimum atomic E-state index is -0.527. The third-order valence-electron chi connectivity index (χ3n) is 1.77. The van der Waals surface area contributed by atoms with Crippen molar-refractivity contribution in [3.8, 4) is 0 Å². The molecule has 0 aromatic heterocycles. The van der Waals surface area contributed by atoms with Crippen molar-refractivity contribution < 1.29 is 10.0 Å². The van der Waals surface area contributed by atoms with E-state index in [-0.39, 0.29) is 6.04 Å². The van der Waals surface area contributed by atoms with E-state index in [0.717, 1.165) is 13.0 Å². The predicted octanol–water partition coefficient (Wildman–Crippen LogP) is -1.48. The first-order chi connectivity index (χ1) is 6.56. The normalized spacial score (nSPS) is 12.6. The maximum atomic E-state index is 9.16. The molecule has 5 N–H and O–H groups in total. The van der Waals surface area contributed by atoms with E-state index in [2.05, 4.69) is 24.9 Å². The van der Waals surface area contributed by atoms with Gasteiger partial charge in [0.1, 0.15) is 0 Å². The average molecular weight is 219 g/mol. The first-order valence-corrected chi connectivity index (χ1v) is 5.43. The number of hydrogen-bond donors (Lipinski definition) is 5. The molecule has 0 heterocycles. The Morgan fingerprint density at radius 1 is 1.29 bits per heavy atom. The van der Waals surface area contributed by atoms with Crippen molar-refractivity contribution in [3.05, 3.63) is 0 Å². The quantitative estimate of drug-likeness (QED) is 0.254. The molecule has 2 atom stereocenters. The lowest BCUT2D eigenvalue weighted by Gasteiger charge is -2.20. The fourth-order valence-corrected chi connectivity index (χ4v) is 1.32. The summed E-state index contributed by atoms with van der Waals surface area (Å²) in [5, 5.41) is 27.1. The molecule has 5 nitrogen and oxygen atoms in total. The molecule has 0 rings (SSSR count). The molecule has 0 aromatic rings. The molecule has 8 heteroatoms. The van der Waals surface area contributed by atoms with Crippen molar-refractivity contribution in [1.82, 2.24) is 15.5 Å². The Hall–Kier alpha value is 0.360.